The minimum absolute atomic E-state index is 0.0991. The van der Waals surface area contributed by atoms with Crippen LogP contribution in [0.3, 0.4) is 0 Å². The van der Waals surface area contributed by atoms with E-state index >= 15 is 0 Å². The van der Waals surface area contributed by atoms with Crippen LogP contribution in [0.5, 0.6) is 5.75 Å². The summed E-state index contributed by atoms with van der Waals surface area (Å²) in [6, 6.07) is 8.77. The molecule has 0 fully saturated rings. The van der Waals surface area contributed by atoms with Gasteiger partial charge in [-0.15, -0.1) is 0 Å². The van der Waals surface area contributed by atoms with Crippen molar-refractivity contribution >= 4 is 33.2 Å². The van der Waals surface area contributed by atoms with Crippen LogP contribution in [0.2, 0.25) is 0 Å². The first-order valence-corrected chi connectivity index (χ1v) is 6.73. The number of nitro groups is 1. The van der Waals surface area contributed by atoms with E-state index in [-0.39, 0.29) is 21.5 Å². The van der Waals surface area contributed by atoms with Gasteiger partial charge in [0.15, 0.2) is 0 Å². The third-order valence-corrected chi connectivity index (χ3v) is 3.71. The van der Waals surface area contributed by atoms with E-state index in [9.17, 15) is 20.0 Å². The Labute approximate surface area is 128 Å². The average Bonchev–Trinajstić information content (AvgIpc) is 2.41. The second kappa shape index (κ2) is 5.92. The highest BCUT2D eigenvalue weighted by atomic mass is 79.9. The standard InChI is InChI=1S/C14H11BrN2O4/c1-8-7-9(18)5-6-11(8)16-14(19)10-3-2-4-12(13(10)15)17(20)21/h2-7,18H,1H3,(H,16,19). The molecule has 0 unspecified atom stereocenters. The van der Waals surface area contributed by atoms with Gasteiger partial charge < -0.3 is 10.4 Å². The first-order valence-electron chi connectivity index (χ1n) is 5.94. The second-order valence-electron chi connectivity index (χ2n) is 4.35. The number of rotatable bonds is 3. The Morgan fingerprint density at radius 1 is 1.33 bits per heavy atom. The number of phenolic OH excluding ortho intramolecular Hbond substituents is 1. The molecule has 0 spiro atoms. The number of nitrogens with zero attached hydrogens (tertiary/aromatic N) is 1. The van der Waals surface area contributed by atoms with Crippen molar-refractivity contribution in [1.82, 2.24) is 0 Å². The van der Waals surface area contributed by atoms with Crippen LogP contribution in [-0.2, 0) is 0 Å². The topological polar surface area (TPSA) is 92.5 Å². The number of hydrogen-bond donors (Lipinski definition) is 2. The number of benzene rings is 2. The highest BCUT2D eigenvalue weighted by molar-refractivity contribution is 9.10. The highest BCUT2D eigenvalue weighted by Crippen LogP contribution is 2.29. The smallest absolute Gasteiger partial charge is 0.284 e. The van der Waals surface area contributed by atoms with Crippen LogP contribution < -0.4 is 5.32 Å². The highest BCUT2D eigenvalue weighted by Gasteiger charge is 2.19. The van der Waals surface area contributed by atoms with Crippen molar-refractivity contribution in [2.75, 3.05) is 5.32 Å². The van der Waals surface area contributed by atoms with E-state index in [4.69, 9.17) is 0 Å². The molecule has 0 aromatic heterocycles. The Kier molecular flexibility index (Phi) is 4.23. The Balaban J connectivity index is 2.33. The van der Waals surface area contributed by atoms with Crippen molar-refractivity contribution in [3.8, 4) is 5.75 Å². The zero-order valence-electron chi connectivity index (χ0n) is 11.0. The molecule has 0 aliphatic rings. The van der Waals surface area contributed by atoms with E-state index < -0.39 is 10.8 Å². The van der Waals surface area contributed by atoms with Crippen LogP contribution in [0.4, 0.5) is 11.4 Å². The molecule has 0 aliphatic carbocycles. The number of anilines is 1. The van der Waals surface area contributed by atoms with Gasteiger partial charge in [0.2, 0.25) is 0 Å². The van der Waals surface area contributed by atoms with Crippen LogP contribution in [0.15, 0.2) is 40.9 Å². The summed E-state index contributed by atoms with van der Waals surface area (Å²) < 4.78 is 0.129. The predicted octanol–water partition coefficient (Wildman–Crippen LogP) is 3.62. The molecule has 6 nitrogen and oxygen atoms in total. The fourth-order valence-electron chi connectivity index (χ4n) is 1.81. The van der Waals surface area contributed by atoms with Crippen molar-refractivity contribution in [2.45, 2.75) is 6.92 Å². The molecular weight excluding hydrogens is 340 g/mol. The zero-order chi connectivity index (χ0) is 15.6. The SMILES string of the molecule is Cc1cc(O)ccc1NC(=O)c1cccc([N+](=O)[O-])c1Br. The number of carbonyl (C=O) groups is 1. The first kappa shape index (κ1) is 15.0. The summed E-state index contributed by atoms with van der Waals surface area (Å²) in [5.41, 5.74) is 1.20. The number of carbonyl (C=O) groups excluding carboxylic acids is 1. The molecule has 0 saturated carbocycles. The van der Waals surface area contributed by atoms with Gasteiger partial charge in [-0.05, 0) is 52.7 Å². The molecule has 2 aromatic carbocycles. The number of amides is 1. The molecule has 2 rings (SSSR count). The van der Waals surface area contributed by atoms with Gasteiger partial charge in [0.1, 0.15) is 10.2 Å². The van der Waals surface area contributed by atoms with Crippen molar-refractivity contribution in [3.63, 3.8) is 0 Å². The Morgan fingerprint density at radius 3 is 2.67 bits per heavy atom. The molecular formula is C14H11BrN2O4. The number of nitrogens with one attached hydrogen (secondary N) is 1. The summed E-state index contributed by atoms with van der Waals surface area (Å²) in [6.45, 7) is 1.73. The minimum Gasteiger partial charge on any atom is -0.508 e. The van der Waals surface area contributed by atoms with Gasteiger partial charge in [0.05, 0.1) is 10.5 Å². The molecule has 0 saturated heterocycles. The maximum absolute atomic E-state index is 12.2. The molecule has 0 bridgehead atoms. The summed E-state index contributed by atoms with van der Waals surface area (Å²) in [6.07, 6.45) is 0. The number of aromatic hydroxyl groups is 1. The van der Waals surface area contributed by atoms with Gasteiger partial charge in [0, 0.05) is 11.8 Å². The quantitative estimate of drug-likeness (QED) is 0.502. The average molecular weight is 351 g/mol. The number of nitro benzene ring substituents is 1. The third kappa shape index (κ3) is 3.19. The van der Waals surface area contributed by atoms with Crippen molar-refractivity contribution in [2.24, 2.45) is 0 Å². The summed E-state index contributed by atoms with van der Waals surface area (Å²) in [5, 5.41) is 22.9. The summed E-state index contributed by atoms with van der Waals surface area (Å²) in [5.74, 6) is -0.374. The van der Waals surface area contributed by atoms with Crippen molar-refractivity contribution in [3.05, 3.63) is 62.1 Å². The lowest BCUT2D eigenvalue weighted by Crippen LogP contribution is -2.13. The van der Waals surface area contributed by atoms with Gasteiger partial charge in [0.25, 0.3) is 11.6 Å². The molecule has 0 heterocycles. The van der Waals surface area contributed by atoms with Gasteiger partial charge >= 0.3 is 0 Å². The normalized spacial score (nSPS) is 10.2. The molecule has 21 heavy (non-hydrogen) atoms. The molecule has 2 N–H and O–H groups in total. The van der Waals surface area contributed by atoms with Crippen LogP contribution in [0.25, 0.3) is 0 Å². The number of aryl methyl sites for hydroxylation is 1. The van der Waals surface area contributed by atoms with Crippen LogP contribution in [-0.4, -0.2) is 15.9 Å². The molecule has 108 valence electrons. The van der Waals surface area contributed by atoms with E-state index in [1.54, 1.807) is 13.0 Å². The van der Waals surface area contributed by atoms with E-state index in [0.29, 0.717) is 11.3 Å². The molecule has 0 radical (unpaired) electrons. The van der Waals surface area contributed by atoms with Gasteiger partial charge in [-0.2, -0.15) is 0 Å². The maximum atomic E-state index is 12.2. The van der Waals surface area contributed by atoms with E-state index in [1.165, 1.54) is 30.3 Å². The van der Waals surface area contributed by atoms with Gasteiger partial charge in [-0.25, -0.2) is 0 Å². The van der Waals surface area contributed by atoms with Crippen LogP contribution >= 0.6 is 15.9 Å². The Morgan fingerprint density at radius 2 is 2.05 bits per heavy atom. The summed E-state index contributed by atoms with van der Waals surface area (Å²) in [4.78, 5) is 22.5. The van der Waals surface area contributed by atoms with Crippen molar-refractivity contribution in [1.29, 1.82) is 0 Å². The zero-order valence-corrected chi connectivity index (χ0v) is 12.5. The number of halogens is 1. The molecule has 2 aromatic rings. The fourth-order valence-corrected chi connectivity index (χ4v) is 2.40. The van der Waals surface area contributed by atoms with Gasteiger partial charge in [-0.1, -0.05) is 6.07 Å². The fraction of sp³-hybridized carbons (Fsp3) is 0.0714. The molecule has 7 heteroatoms. The third-order valence-electron chi connectivity index (χ3n) is 2.88. The summed E-state index contributed by atoms with van der Waals surface area (Å²) >= 11 is 3.08. The van der Waals surface area contributed by atoms with Crippen LogP contribution in [0.1, 0.15) is 15.9 Å². The Hall–Kier alpha value is -2.41. The lowest BCUT2D eigenvalue weighted by Gasteiger charge is -2.10. The van der Waals surface area contributed by atoms with E-state index in [1.807, 2.05) is 0 Å². The molecule has 0 atom stereocenters. The molecule has 0 aliphatic heterocycles. The number of phenols is 1. The van der Waals surface area contributed by atoms with E-state index in [2.05, 4.69) is 21.2 Å². The maximum Gasteiger partial charge on any atom is 0.284 e. The predicted molar refractivity (Wildman–Crippen MR) is 81.6 cm³/mol. The summed E-state index contributed by atoms with van der Waals surface area (Å²) in [7, 11) is 0. The van der Waals surface area contributed by atoms with Crippen LogP contribution in [0, 0.1) is 17.0 Å². The molecule has 1 amide bonds. The monoisotopic (exact) mass is 350 g/mol. The van der Waals surface area contributed by atoms with Crippen molar-refractivity contribution < 1.29 is 14.8 Å². The lowest BCUT2D eigenvalue weighted by molar-refractivity contribution is -0.385. The number of hydrogen-bond acceptors (Lipinski definition) is 4. The van der Waals surface area contributed by atoms with Gasteiger partial charge in [-0.3, -0.25) is 14.9 Å². The van der Waals surface area contributed by atoms with E-state index in [0.717, 1.165) is 0 Å². The minimum atomic E-state index is -0.563. The second-order valence-corrected chi connectivity index (χ2v) is 5.14. The lowest BCUT2D eigenvalue weighted by atomic mass is 10.1. The Bertz CT molecular complexity index is 731. The largest absolute Gasteiger partial charge is 0.508 e. The first-order chi connectivity index (χ1) is 9.90.